The molecule has 0 bridgehead atoms. The standard InChI is InChI=1S/C22H31N5O4/c1-22(2,3)11-17(28)26-9-7-14-18(26)21(31)27-12-13(10-16(27)20(30)24-14)23-19(29)15-6-5-8-25(15)4/h5-6,8,13-14,16,18H,7,9-12H2,1-4H3,(H,23,29)(H,24,30). The van der Waals surface area contributed by atoms with E-state index >= 15 is 0 Å². The van der Waals surface area contributed by atoms with Gasteiger partial charge in [0.15, 0.2) is 0 Å². The Morgan fingerprint density at radius 1 is 1.26 bits per heavy atom. The van der Waals surface area contributed by atoms with Gasteiger partial charge >= 0.3 is 0 Å². The highest BCUT2D eigenvalue weighted by Crippen LogP contribution is 2.31. The highest BCUT2D eigenvalue weighted by Gasteiger charge is 2.52. The summed E-state index contributed by atoms with van der Waals surface area (Å²) >= 11 is 0. The number of fused-ring (bicyclic) bond motifs is 2. The minimum atomic E-state index is -0.675. The van der Waals surface area contributed by atoms with E-state index in [4.69, 9.17) is 0 Å². The second-order valence-electron chi connectivity index (χ2n) is 10.1. The minimum absolute atomic E-state index is 0.0613. The molecule has 0 radical (unpaired) electrons. The molecule has 9 nitrogen and oxygen atoms in total. The highest BCUT2D eigenvalue weighted by atomic mass is 16.2. The van der Waals surface area contributed by atoms with Gasteiger partial charge < -0.3 is 25.0 Å². The van der Waals surface area contributed by atoms with E-state index in [9.17, 15) is 19.2 Å². The molecule has 4 rings (SSSR count). The molecule has 0 aromatic carbocycles. The third-order valence-electron chi connectivity index (χ3n) is 6.38. The maximum atomic E-state index is 13.5. The van der Waals surface area contributed by atoms with Gasteiger partial charge in [-0.1, -0.05) is 20.8 Å². The fraction of sp³-hybridized carbons (Fsp3) is 0.636. The number of likely N-dealkylation sites (tertiary alicyclic amines) is 1. The molecule has 1 aromatic rings. The summed E-state index contributed by atoms with van der Waals surface area (Å²) in [6.07, 6.45) is 3.07. The zero-order valence-electron chi connectivity index (χ0n) is 18.6. The largest absolute Gasteiger partial charge is 0.349 e. The lowest BCUT2D eigenvalue weighted by atomic mass is 9.91. The molecular weight excluding hydrogens is 398 g/mol. The third-order valence-corrected chi connectivity index (χ3v) is 6.38. The molecule has 0 spiro atoms. The molecule has 1 aromatic heterocycles. The van der Waals surface area contributed by atoms with Gasteiger partial charge in [0, 0.05) is 38.8 Å². The first-order chi connectivity index (χ1) is 14.5. The number of hydrogen-bond donors (Lipinski definition) is 2. The summed E-state index contributed by atoms with van der Waals surface area (Å²) < 4.78 is 1.72. The van der Waals surface area contributed by atoms with Crippen molar-refractivity contribution in [1.29, 1.82) is 0 Å². The summed E-state index contributed by atoms with van der Waals surface area (Å²) in [5.74, 6) is -0.706. The number of nitrogens with one attached hydrogen (secondary N) is 2. The second-order valence-corrected chi connectivity index (χ2v) is 10.1. The topological polar surface area (TPSA) is 104 Å². The molecule has 31 heavy (non-hydrogen) atoms. The van der Waals surface area contributed by atoms with Gasteiger partial charge in [-0.2, -0.15) is 0 Å². The van der Waals surface area contributed by atoms with E-state index in [0.717, 1.165) is 0 Å². The van der Waals surface area contributed by atoms with Crippen LogP contribution in [-0.4, -0.2) is 75.3 Å². The lowest BCUT2D eigenvalue weighted by Gasteiger charge is -2.31. The van der Waals surface area contributed by atoms with Gasteiger partial charge in [0.1, 0.15) is 17.8 Å². The van der Waals surface area contributed by atoms with Crippen molar-refractivity contribution in [2.45, 2.75) is 64.2 Å². The van der Waals surface area contributed by atoms with Crippen LogP contribution in [-0.2, 0) is 21.4 Å². The zero-order valence-corrected chi connectivity index (χ0v) is 18.6. The highest BCUT2D eigenvalue weighted by molar-refractivity contribution is 5.97. The van der Waals surface area contributed by atoms with Crippen LogP contribution in [0.4, 0.5) is 0 Å². The number of aryl methyl sites for hydroxylation is 1. The third kappa shape index (κ3) is 4.05. The van der Waals surface area contributed by atoms with Gasteiger partial charge in [0.25, 0.3) is 5.91 Å². The van der Waals surface area contributed by atoms with Gasteiger partial charge in [-0.3, -0.25) is 19.2 Å². The average molecular weight is 430 g/mol. The van der Waals surface area contributed by atoms with Crippen LogP contribution in [0.1, 0.15) is 50.5 Å². The van der Waals surface area contributed by atoms with Crippen molar-refractivity contribution >= 4 is 23.6 Å². The molecule has 4 unspecified atom stereocenters. The fourth-order valence-electron chi connectivity index (χ4n) is 4.92. The maximum absolute atomic E-state index is 13.5. The predicted molar refractivity (Wildman–Crippen MR) is 113 cm³/mol. The van der Waals surface area contributed by atoms with Crippen molar-refractivity contribution < 1.29 is 19.2 Å². The van der Waals surface area contributed by atoms with E-state index in [-0.39, 0.29) is 47.7 Å². The first-order valence-corrected chi connectivity index (χ1v) is 10.9. The smallest absolute Gasteiger partial charge is 0.268 e. The Labute approximate surface area is 182 Å². The Kier molecular flexibility index (Phi) is 5.31. The summed E-state index contributed by atoms with van der Waals surface area (Å²) in [5.41, 5.74) is 0.335. The molecule has 168 valence electrons. The number of rotatable bonds is 3. The number of hydrogen-bond acceptors (Lipinski definition) is 4. The minimum Gasteiger partial charge on any atom is -0.349 e. The Balaban J connectivity index is 1.50. The van der Waals surface area contributed by atoms with Crippen molar-refractivity contribution in [2.75, 3.05) is 13.1 Å². The van der Waals surface area contributed by atoms with Crippen molar-refractivity contribution in [2.24, 2.45) is 12.5 Å². The number of amides is 4. The lowest BCUT2D eigenvalue weighted by molar-refractivity contribution is -0.145. The maximum Gasteiger partial charge on any atom is 0.268 e. The van der Waals surface area contributed by atoms with Crippen LogP contribution in [0.15, 0.2) is 18.3 Å². The molecule has 0 aliphatic carbocycles. The summed E-state index contributed by atoms with van der Waals surface area (Å²) in [6, 6.07) is 1.53. The Morgan fingerprint density at radius 2 is 2.00 bits per heavy atom. The van der Waals surface area contributed by atoms with Gasteiger partial charge in [-0.05, 0) is 30.4 Å². The number of carbonyl (C=O) groups excluding carboxylic acids is 4. The van der Waals surface area contributed by atoms with Crippen molar-refractivity contribution in [3.63, 3.8) is 0 Å². The van der Waals surface area contributed by atoms with Crippen LogP contribution in [0.5, 0.6) is 0 Å². The number of nitrogens with zero attached hydrogens (tertiary/aromatic N) is 3. The Hall–Kier alpha value is -2.84. The molecule has 3 aliphatic rings. The van der Waals surface area contributed by atoms with Crippen LogP contribution in [0.25, 0.3) is 0 Å². The summed E-state index contributed by atoms with van der Waals surface area (Å²) in [5, 5.41) is 5.94. The molecule has 4 amide bonds. The summed E-state index contributed by atoms with van der Waals surface area (Å²) in [6.45, 7) is 6.70. The second kappa shape index (κ2) is 7.69. The van der Waals surface area contributed by atoms with E-state index in [1.165, 1.54) is 0 Å². The molecule has 9 heteroatoms. The van der Waals surface area contributed by atoms with Crippen LogP contribution in [0.2, 0.25) is 0 Å². The molecule has 4 heterocycles. The van der Waals surface area contributed by atoms with Crippen LogP contribution in [0, 0.1) is 5.41 Å². The van der Waals surface area contributed by atoms with E-state index in [1.807, 2.05) is 20.8 Å². The van der Waals surface area contributed by atoms with Crippen LogP contribution in [0.3, 0.4) is 0 Å². The fourth-order valence-corrected chi connectivity index (χ4v) is 4.92. The molecular formula is C22H31N5O4. The monoisotopic (exact) mass is 429 g/mol. The summed E-state index contributed by atoms with van der Waals surface area (Å²) in [7, 11) is 1.79. The van der Waals surface area contributed by atoms with Crippen molar-refractivity contribution in [3.05, 3.63) is 24.0 Å². The molecule has 3 aliphatic heterocycles. The molecule has 2 N–H and O–H groups in total. The summed E-state index contributed by atoms with van der Waals surface area (Å²) in [4.78, 5) is 55.0. The quantitative estimate of drug-likeness (QED) is 0.719. The Bertz CT molecular complexity index is 917. The molecule has 0 saturated carbocycles. The van der Waals surface area contributed by atoms with Crippen molar-refractivity contribution in [1.82, 2.24) is 25.0 Å². The van der Waals surface area contributed by atoms with E-state index in [1.54, 1.807) is 39.7 Å². The first kappa shape index (κ1) is 21.4. The molecule has 3 saturated heterocycles. The molecule has 4 atom stereocenters. The SMILES string of the molecule is Cn1cccc1C(=O)NC1CC2C(=O)NC3CCN(C(=O)CC(C)(C)C)C3C(=O)N2C1. The van der Waals surface area contributed by atoms with Crippen LogP contribution >= 0.6 is 0 Å². The van der Waals surface area contributed by atoms with Gasteiger partial charge in [-0.25, -0.2) is 0 Å². The van der Waals surface area contributed by atoms with Crippen LogP contribution < -0.4 is 10.6 Å². The predicted octanol–water partition coefficient (Wildman–Crippen LogP) is 0.260. The lowest BCUT2D eigenvalue weighted by Crippen LogP contribution is -2.53. The van der Waals surface area contributed by atoms with E-state index < -0.39 is 12.1 Å². The van der Waals surface area contributed by atoms with Gasteiger partial charge in [-0.15, -0.1) is 0 Å². The average Bonchev–Trinajstić information content (AvgIpc) is 3.36. The van der Waals surface area contributed by atoms with E-state index in [2.05, 4.69) is 10.6 Å². The van der Waals surface area contributed by atoms with Gasteiger partial charge in [0.2, 0.25) is 17.7 Å². The zero-order chi connectivity index (χ0) is 22.5. The first-order valence-electron chi connectivity index (χ1n) is 10.9. The van der Waals surface area contributed by atoms with E-state index in [0.29, 0.717) is 31.5 Å². The normalized spacial score (nSPS) is 28.1. The number of aromatic nitrogens is 1. The van der Waals surface area contributed by atoms with Crippen molar-refractivity contribution in [3.8, 4) is 0 Å². The Morgan fingerprint density at radius 3 is 2.65 bits per heavy atom. The number of carbonyl (C=O) groups is 4. The molecule has 3 fully saturated rings. The van der Waals surface area contributed by atoms with Gasteiger partial charge in [0.05, 0.1) is 6.04 Å².